The van der Waals surface area contributed by atoms with E-state index in [2.05, 4.69) is 15.6 Å². The average Bonchev–Trinajstić information content (AvgIpc) is 2.92. The van der Waals surface area contributed by atoms with E-state index in [1.807, 2.05) is 7.05 Å². The monoisotopic (exact) mass is 409 g/mol. The van der Waals surface area contributed by atoms with E-state index in [1.165, 1.54) is 23.5 Å². The number of ether oxygens (including phenoxy) is 1. The van der Waals surface area contributed by atoms with Gasteiger partial charge in [-0.3, -0.25) is 4.79 Å². The van der Waals surface area contributed by atoms with Gasteiger partial charge in [-0.2, -0.15) is 0 Å². The molecular weight excluding hydrogens is 388 g/mol. The summed E-state index contributed by atoms with van der Waals surface area (Å²) in [6, 6.07) is 5.80. The fourth-order valence-electron chi connectivity index (χ4n) is 1.95. The first-order valence-corrected chi connectivity index (χ1v) is 8.19. The molecule has 25 heavy (non-hydrogen) atoms. The van der Waals surface area contributed by atoms with Crippen molar-refractivity contribution in [3.05, 3.63) is 45.7 Å². The van der Waals surface area contributed by atoms with Crippen LogP contribution in [0.5, 0.6) is 5.75 Å². The summed E-state index contributed by atoms with van der Waals surface area (Å²) in [5.41, 5.74) is 0.693. The van der Waals surface area contributed by atoms with Gasteiger partial charge in [-0.1, -0.05) is 0 Å². The predicted octanol–water partition coefficient (Wildman–Crippen LogP) is 3.35. The lowest BCUT2D eigenvalue weighted by Crippen LogP contribution is -2.26. The van der Waals surface area contributed by atoms with E-state index in [9.17, 15) is 9.18 Å². The van der Waals surface area contributed by atoms with Crippen LogP contribution in [0.4, 0.5) is 4.39 Å². The number of nitrogens with zero attached hydrogens (tertiary/aromatic N) is 1. The molecule has 9 heteroatoms. The number of carbonyl (C=O) groups excluding carboxylic acids is 1. The second-order valence-corrected chi connectivity index (χ2v) is 6.06. The van der Waals surface area contributed by atoms with E-state index in [0.717, 1.165) is 13.0 Å². The van der Waals surface area contributed by atoms with Gasteiger partial charge in [-0.25, -0.2) is 9.37 Å². The Kier molecular flexibility index (Phi) is 11.3. The van der Waals surface area contributed by atoms with Crippen LogP contribution in [0, 0.1) is 12.7 Å². The maximum absolute atomic E-state index is 12.8. The van der Waals surface area contributed by atoms with E-state index < -0.39 is 0 Å². The Bertz CT molecular complexity index is 653. The van der Waals surface area contributed by atoms with E-state index in [-0.39, 0.29) is 43.1 Å². The largest absolute Gasteiger partial charge is 0.486 e. The van der Waals surface area contributed by atoms with Gasteiger partial charge in [0.25, 0.3) is 5.91 Å². The molecule has 2 rings (SSSR count). The maximum Gasteiger partial charge on any atom is 0.263 e. The second-order valence-electron chi connectivity index (χ2n) is 4.98. The van der Waals surface area contributed by atoms with Crippen LogP contribution in [-0.4, -0.2) is 31.0 Å². The topological polar surface area (TPSA) is 63.2 Å². The highest BCUT2D eigenvalue weighted by Crippen LogP contribution is 2.20. The molecule has 0 aliphatic heterocycles. The molecule has 140 valence electrons. The molecule has 0 aliphatic carbocycles. The number of rotatable bonds is 8. The Labute approximate surface area is 163 Å². The molecule has 1 heterocycles. The molecule has 0 spiro atoms. The minimum atomic E-state index is -0.306. The van der Waals surface area contributed by atoms with Crippen LogP contribution in [0.25, 0.3) is 0 Å². The Balaban J connectivity index is 0.00000288. The van der Waals surface area contributed by atoms with Crippen molar-refractivity contribution in [3.63, 3.8) is 0 Å². The van der Waals surface area contributed by atoms with Crippen LogP contribution >= 0.6 is 36.2 Å². The van der Waals surface area contributed by atoms with Crippen molar-refractivity contribution < 1.29 is 13.9 Å². The number of thiazole rings is 1. The minimum absolute atomic E-state index is 0. The van der Waals surface area contributed by atoms with Crippen molar-refractivity contribution in [1.82, 2.24) is 15.6 Å². The van der Waals surface area contributed by atoms with Gasteiger partial charge in [-0.15, -0.1) is 36.2 Å². The number of aryl methyl sites for hydroxylation is 1. The highest BCUT2D eigenvalue weighted by atomic mass is 35.5. The Morgan fingerprint density at radius 1 is 1.24 bits per heavy atom. The summed E-state index contributed by atoms with van der Waals surface area (Å²) in [7, 11) is 1.88. The van der Waals surface area contributed by atoms with Crippen molar-refractivity contribution >= 4 is 42.1 Å². The highest BCUT2D eigenvalue weighted by Gasteiger charge is 2.15. The summed E-state index contributed by atoms with van der Waals surface area (Å²) in [6.45, 7) is 3.54. The lowest BCUT2D eigenvalue weighted by Gasteiger charge is -2.03. The SMILES string of the molecule is CNCCCNC(=O)c1sc(COc2ccc(F)cc2)nc1C.Cl.Cl. The molecule has 0 unspecified atom stereocenters. The highest BCUT2D eigenvalue weighted by molar-refractivity contribution is 7.13. The third-order valence-corrected chi connectivity index (χ3v) is 4.24. The van der Waals surface area contributed by atoms with Crippen LogP contribution in [0.15, 0.2) is 24.3 Å². The zero-order valence-electron chi connectivity index (χ0n) is 14.0. The lowest BCUT2D eigenvalue weighted by molar-refractivity contribution is 0.0956. The van der Waals surface area contributed by atoms with Gasteiger partial charge >= 0.3 is 0 Å². The third-order valence-electron chi connectivity index (χ3n) is 3.11. The molecule has 0 aliphatic rings. The molecule has 5 nitrogen and oxygen atoms in total. The number of hydrogen-bond acceptors (Lipinski definition) is 5. The number of carbonyl (C=O) groups is 1. The van der Waals surface area contributed by atoms with Gasteiger partial charge in [0.15, 0.2) is 0 Å². The normalized spacial score (nSPS) is 9.72. The van der Waals surface area contributed by atoms with Gasteiger partial charge in [0.2, 0.25) is 0 Å². The van der Waals surface area contributed by atoms with Crippen molar-refractivity contribution in [3.8, 4) is 5.75 Å². The zero-order valence-corrected chi connectivity index (χ0v) is 16.5. The van der Waals surface area contributed by atoms with E-state index in [1.54, 1.807) is 19.1 Å². The zero-order chi connectivity index (χ0) is 16.7. The van der Waals surface area contributed by atoms with Crippen molar-refractivity contribution in [2.45, 2.75) is 20.0 Å². The van der Waals surface area contributed by atoms with Crippen molar-refractivity contribution in [1.29, 1.82) is 0 Å². The van der Waals surface area contributed by atoms with Crippen LogP contribution in [0.2, 0.25) is 0 Å². The van der Waals surface area contributed by atoms with Crippen LogP contribution in [-0.2, 0) is 6.61 Å². The molecule has 0 atom stereocenters. The average molecular weight is 410 g/mol. The summed E-state index contributed by atoms with van der Waals surface area (Å²) in [4.78, 5) is 17.1. The number of nitrogens with one attached hydrogen (secondary N) is 2. The molecular formula is C16H22Cl2FN3O2S. The van der Waals surface area contributed by atoms with E-state index in [4.69, 9.17) is 4.74 Å². The van der Waals surface area contributed by atoms with Crippen LogP contribution < -0.4 is 15.4 Å². The minimum Gasteiger partial charge on any atom is -0.486 e. The summed E-state index contributed by atoms with van der Waals surface area (Å²) in [5, 5.41) is 6.62. The smallest absolute Gasteiger partial charge is 0.263 e. The Morgan fingerprint density at radius 2 is 1.92 bits per heavy atom. The van der Waals surface area contributed by atoms with Gasteiger partial charge in [0, 0.05) is 6.54 Å². The standard InChI is InChI=1S/C16H20FN3O2S.2ClH/c1-11-15(16(21)19-9-3-8-18-2)23-14(20-11)10-22-13-6-4-12(17)5-7-13;;/h4-7,18H,3,8-10H2,1-2H3,(H,19,21);2*1H. The number of hydrogen-bond donors (Lipinski definition) is 2. The Hall–Kier alpha value is -1.41. The molecule has 2 aromatic rings. The molecule has 0 bridgehead atoms. The molecule has 1 aromatic heterocycles. The lowest BCUT2D eigenvalue weighted by atomic mass is 10.3. The number of amides is 1. The van der Waals surface area contributed by atoms with Crippen molar-refractivity contribution in [2.24, 2.45) is 0 Å². The fraction of sp³-hybridized carbons (Fsp3) is 0.375. The first kappa shape index (κ1) is 23.6. The Morgan fingerprint density at radius 3 is 2.56 bits per heavy atom. The van der Waals surface area contributed by atoms with E-state index >= 15 is 0 Å². The van der Waals surface area contributed by atoms with Gasteiger partial charge in [0.1, 0.15) is 28.1 Å². The summed E-state index contributed by atoms with van der Waals surface area (Å²) in [5.74, 6) is 0.154. The summed E-state index contributed by atoms with van der Waals surface area (Å²) >= 11 is 1.32. The first-order valence-electron chi connectivity index (χ1n) is 7.37. The molecule has 0 saturated carbocycles. The molecule has 0 fully saturated rings. The van der Waals surface area contributed by atoms with Gasteiger partial charge < -0.3 is 15.4 Å². The van der Waals surface area contributed by atoms with Crippen molar-refractivity contribution in [2.75, 3.05) is 20.1 Å². The van der Waals surface area contributed by atoms with Crippen LogP contribution in [0.3, 0.4) is 0 Å². The second kappa shape index (κ2) is 12.0. The molecule has 0 saturated heterocycles. The molecule has 1 aromatic carbocycles. The quantitative estimate of drug-likeness (QED) is 0.656. The third kappa shape index (κ3) is 7.56. The fourth-order valence-corrected chi connectivity index (χ4v) is 2.84. The summed E-state index contributed by atoms with van der Waals surface area (Å²) in [6.07, 6.45) is 0.876. The van der Waals surface area contributed by atoms with Crippen LogP contribution in [0.1, 0.15) is 26.8 Å². The number of benzene rings is 1. The van der Waals surface area contributed by atoms with Gasteiger partial charge in [-0.05, 0) is 51.2 Å². The molecule has 0 radical (unpaired) electrons. The predicted molar refractivity (Wildman–Crippen MR) is 103 cm³/mol. The first-order chi connectivity index (χ1) is 11.1. The molecule has 1 amide bonds. The van der Waals surface area contributed by atoms with Gasteiger partial charge in [0.05, 0.1) is 5.69 Å². The van der Waals surface area contributed by atoms with E-state index in [0.29, 0.717) is 27.9 Å². The summed E-state index contributed by atoms with van der Waals surface area (Å²) < 4.78 is 18.4. The number of aromatic nitrogens is 1. The molecule has 2 N–H and O–H groups in total. The number of halogens is 3. The maximum atomic E-state index is 12.8.